The Labute approximate surface area is 165 Å². The quantitative estimate of drug-likeness (QED) is 0.607. The van der Waals surface area contributed by atoms with E-state index in [0.717, 1.165) is 6.07 Å². The maximum atomic E-state index is 12.3. The molecule has 0 saturated heterocycles. The lowest BCUT2D eigenvalue weighted by Gasteiger charge is -2.21. The van der Waals surface area contributed by atoms with Gasteiger partial charge in [0, 0.05) is 11.6 Å². The average molecular weight is 413 g/mol. The summed E-state index contributed by atoms with van der Waals surface area (Å²) in [5.41, 5.74) is -0.578. The topological polar surface area (TPSA) is 131 Å². The highest BCUT2D eigenvalue weighted by atomic mass is 32.2. The number of sulfonamides is 1. The van der Waals surface area contributed by atoms with Gasteiger partial charge in [-0.2, -0.15) is 0 Å². The molecule has 28 heavy (non-hydrogen) atoms. The van der Waals surface area contributed by atoms with Gasteiger partial charge in [-0.3, -0.25) is 10.1 Å². The molecule has 0 radical (unpaired) electrons. The monoisotopic (exact) mass is 413 g/mol. The highest BCUT2D eigenvalue weighted by Gasteiger charge is 2.24. The van der Waals surface area contributed by atoms with Crippen molar-refractivity contribution in [2.24, 2.45) is 0 Å². The maximum absolute atomic E-state index is 12.3. The molecule has 0 heterocycles. The maximum Gasteiger partial charge on any atom is 0.338 e. The number of nitrogens with one attached hydrogen (secondary N) is 3. The third kappa shape index (κ3) is 7.65. The Morgan fingerprint density at radius 2 is 1.68 bits per heavy atom. The molecule has 0 aliphatic rings. The van der Waals surface area contributed by atoms with Gasteiger partial charge in [-0.15, -0.1) is 0 Å². The molecule has 3 amide bonds. The number of esters is 1. The lowest BCUT2D eigenvalue weighted by molar-refractivity contribution is -0.127. The van der Waals surface area contributed by atoms with E-state index in [2.05, 4.69) is 15.4 Å². The molecule has 0 aliphatic heterocycles. The summed E-state index contributed by atoms with van der Waals surface area (Å²) < 4.78 is 31.9. The fraction of sp³-hybridized carbons (Fsp3) is 0.500. The molecule has 0 saturated carbocycles. The summed E-state index contributed by atoms with van der Waals surface area (Å²) in [6.07, 6.45) is -1.26. The molecule has 156 valence electrons. The molecule has 9 nitrogen and oxygen atoms in total. The van der Waals surface area contributed by atoms with Crippen LogP contribution in [0, 0.1) is 0 Å². The normalized spacial score (nSPS) is 13.0. The number of urea groups is 1. The zero-order chi connectivity index (χ0) is 21.7. The summed E-state index contributed by atoms with van der Waals surface area (Å²) in [6, 6.07) is 4.23. The minimum atomic E-state index is -3.78. The number of hydrogen-bond donors (Lipinski definition) is 3. The van der Waals surface area contributed by atoms with Crippen LogP contribution in [0.3, 0.4) is 0 Å². The second-order valence-electron chi connectivity index (χ2n) is 7.54. The van der Waals surface area contributed by atoms with E-state index in [1.807, 2.05) is 0 Å². The Hall–Kier alpha value is -2.46. The highest BCUT2D eigenvalue weighted by Crippen LogP contribution is 2.14. The Bertz CT molecular complexity index is 843. The number of ether oxygens (including phenoxy) is 1. The van der Waals surface area contributed by atoms with E-state index < -0.39 is 39.6 Å². The summed E-state index contributed by atoms with van der Waals surface area (Å²) in [5.74, 6) is -1.69. The van der Waals surface area contributed by atoms with Gasteiger partial charge in [-0.05, 0) is 59.7 Å². The first-order valence-corrected chi connectivity index (χ1v) is 10.2. The first kappa shape index (κ1) is 23.6. The number of carbonyl (C=O) groups is 3. The standard InChI is InChI=1S/C18H27N3O6S/c1-11(2)21-28(25,26)14-9-7-8-13(10-14)16(23)27-12(3)15(22)19-17(24)20-18(4,5)6/h7-12,21H,1-6H3,(H2,19,20,22,24). The molecule has 1 unspecified atom stereocenters. The van der Waals surface area contributed by atoms with Gasteiger partial charge in [0.15, 0.2) is 6.10 Å². The third-order valence-electron chi connectivity index (χ3n) is 3.15. The zero-order valence-corrected chi connectivity index (χ0v) is 17.6. The third-order valence-corrected chi connectivity index (χ3v) is 4.81. The molecule has 0 aliphatic carbocycles. The molecule has 0 aromatic heterocycles. The Morgan fingerprint density at radius 1 is 1.07 bits per heavy atom. The molecular weight excluding hydrogens is 386 g/mol. The van der Waals surface area contributed by atoms with Crippen LogP contribution in [-0.4, -0.2) is 44.0 Å². The van der Waals surface area contributed by atoms with Crippen LogP contribution in [0.1, 0.15) is 51.9 Å². The van der Waals surface area contributed by atoms with Gasteiger partial charge in [0.1, 0.15) is 0 Å². The second kappa shape index (κ2) is 9.16. The smallest absolute Gasteiger partial charge is 0.338 e. The Kier molecular flexibility index (Phi) is 7.71. The number of carbonyl (C=O) groups excluding carboxylic acids is 3. The van der Waals surface area contributed by atoms with Gasteiger partial charge < -0.3 is 10.1 Å². The minimum Gasteiger partial charge on any atom is -0.449 e. The minimum absolute atomic E-state index is 0.0366. The van der Waals surface area contributed by atoms with Crippen LogP contribution < -0.4 is 15.4 Å². The van der Waals surface area contributed by atoms with Crippen LogP contribution in [0.2, 0.25) is 0 Å². The van der Waals surface area contributed by atoms with Crippen molar-refractivity contribution in [2.45, 2.75) is 64.1 Å². The molecule has 0 fully saturated rings. The average Bonchev–Trinajstić information content (AvgIpc) is 2.51. The van der Waals surface area contributed by atoms with E-state index in [0.29, 0.717) is 0 Å². The molecular formula is C18H27N3O6S. The molecule has 0 spiro atoms. The van der Waals surface area contributed by atoms with Crippen LogP contribution >= 0.6 is 0 Å². The fourth-order valence-corrected chi connectivity index (χ4v) is 3.33. The van der Waals surface area contributed by atoms with Gasteiger partial charge in [-0.25, -0.2) is 22.7 Å². The van der Waals surface area contributed by atoms with Crippen LogP contribution in [-0.2, 0) is 19.6 Å². The summed E-state index contributed by atoms with van der Waals surface area (Å²) in [6.45, 7) is 9.89. The summed E-state index contributed by atoms with van der Waals surface area (Å²) in [4.78, 5) is 35.9. The van der Waals surface area contributed by atoms with Gasteiger partial charge in [0.05, 0.1) is 10.5 Å². The van der Waals surface area contributed by atoms with E-state index in [-0.39, 0.29) is 16.5 Å². The van der Waals surface area contributed by atoms with Crippen molar-refractivity contribution in [2.75, 3.05) is 0 Å². The first-order chi connectivity index (χ1) is 12.7. The van der Waals surface area contributed by atoms with Crippen molar-refractivity contribution in [1.29, 1.82) is 0 Å². The molecule has 1 rings (SSSR count). The summed E-state index contributed by atoms with van der Waals surface area (Å²) >= 11 is 0. The van der Waals surface area contributed by atoms with Crippen LogP contribution in [0.15, 0.2) is 29.2 Å². The molecule has 0 bridgehead atoms. The second-order valence-corrected chi connectivity index (χ2v) is 9.26. The molecule has 10 heteroatoms. The molecule has 1 aromatic rings. The van der Waals surface area contributed by atoms with Crippen molar-refractivity contribution >= 4 is 27.9 Å². The van der Waals surface area contributed by atoms with Crippen molar-refractivity contribution < 1.29 is 27.5 Å². The molecule has 1 atom stereocenters. The van der Waals surface area contributed by atoms with Crippen LogP contribution in [0.25, 0.3) is 0 Å². The van der Waals surface area contributed by atoms with Crippen molar-refractivity contribution in [3.8, 4) is 0 Å². The van der Waals surface area contributed by atoms with E-state index in [1.54, 1.807) is 34.6 Å². The lowest BCUT2D eigenvalue weighted by Crippen LogP contribution is -2.50. The van der Waals surface area contributed by atoms with Crippen molar-refractivity contribution in [1.82, 2.24) is 15.4 Å². The van der Waals surface area contributed by atoms with Gasteiger partial charge in [-0.1, -0.05) is 6.07 Å². The number of imide groups is 1. The highest BCUT2D eigenvalue weighted by molar-refractivity contribution is 7.89. The van der Waals surface area contributed by atoms with Gasteiger partial charge in [0.25, 0.3) is 5.91 Å². The predicted octanol–water partition coefficient (Wildman–Crippen LogP) is 1.54. The van der Waals surface area contributed by atoms with Crippen molar-refractivity contribution in [3.63, 3.8) is 0 Å². The molecule has 3 N–H and O–H groups in total. The van der Waals surface area contributed by atoms with Gasteiger partial charge in [0.2, 0.25) is 10.0 Å². The largest absolute Gasteiger partial charge is 0.449 e. The lowest BCUT2D eigenvalue weighted by atomic mass is 10.1. The predicted molar refractivity (Wildman–Crippen MR) is 103 cm³/mol. The number of hydrogen-bond acceptors (Lipinski definition) is 6. The van der Waals surface area contributed by atoms with Crippen molar-refractivity contribution in [3.05, 3.63) is 29.8 Å². The number of amides is 3. The Morgan fingerprint density at radius 3 is 2.21 bits per heavy atom. The molecule has 1 aromatic carbocycles. The van der Waals surface area contributed by atoms with Crippen LogP contribution in [0.4, 0.5) is 4.79 Å². The number of benzene rings is 1. The van der Waals surface area contributed by atoms with E-state index in [9.17, 15) is 22.8 Å². The fourth-order valence-electron chi connectivity index (χ4n) is 2.04. The Balaban J connectivity index is 2.81. The zero-order valence-electron chi connectivity index (χ0n) is 16.8. The summed E-state index contributed by atoms with van der Waals surface area (Å²) in [7, 11) is -3.78. The van der Waals surface area contributed by atoms with Gasteiger partial charge >= 0.3 is 12.0 Å². The van der Waals surface area contributed by atoms with E-state index in [1.165, 1.54) is 25.1 Å². The SMILES string of the molecule is CC(C)NS(=O)(=O)c1cccc(C(=O)OC(C)C(=O)NC(=O)NC(C)(C)C)c1. The van der Waals surface area contributed by atoms with E-state index >= 15 is 0 Å². The number of rotatable bonds is 6. The van der Waals surface area contributed by atoms with E-state index in [4.69, 9.17) is 4.74 Å². The summed E-state index contributed by atoms with van der Waals surface area (Å²) in [5, 5.41) is 4.62. The first-order valence-electron chi connectivity index (χ1n) is 8.67. The van der Waals surface area contributed by atoms with Crippen LogP contribution in [0.5, 0.6) is 0 Å².